The topological polar surface area (TPSA) is 70.6 Å². The molecule has 6 nitrogen and oxygen atoms in total. The fourth-order valence-corrected chi connectivity index (χ4v) is 5.02. The van der Waals surface area contributed by atoms with Gasteiger partial charge in [-0.3, -0.25) is 9.78 Å². The molecular weight excluding hydrogens is 326 g/mol. The molecule has 0 bridgehead atoms. The standard InChI is InChI=1S/C17H25N3O3S/c1-14-3-6-18-12-15(14)19-7-9-20(10-8-19)16(21)11-17(4-5-17)13-24(2,22)23/h3,6,12H,4-5,7-11,13H2,1-2H3. The van der Waals surface area contributed by atoms with Gasteiger partial charge in [0.05, 0.1) is 17.6 Å². The summed E-state index contributed by atoms with van der Waals surface area (Å²) in [6.45, 7) is 5.01. The van der Waals surface area contributed by atoms with Gasteiger partial charge in [0.15, 0.2) is 0 Å². The first-order valence-corrected chi connectivity index (χ1v) is 10.5. The molecule has 1 amide bonds. The number of sulfone groups is 1. The predicted octanol–water partition coefficient (Wildman–Crippen LogP) is 1.25. The van der Waals surface area contributed by atoms with E-state index in [2.05, 4.69) is 16.8 Å². The highest BCUT2D eigenvalue weighted by molar-refractivity contribution is 7.90. The molecule has 2 fully saturated rings. The minimum atomic E-state index is -3.03. The van der Waals surface area contributed by atoms with Crippen molar-refractivity contribution in [2.75, 3.05) is 43.1 Å². The number of amides is 1. The van der Waals surface area contributed by atoms with Crippen molar-refractivity contribution in [2.24, 2.45) is 5.41 Å². The van der Waals surface area contributed by atoms with Crippen LogP contribution in [0.2, 0.25) is 0 Å². The Hall–Kier alpha value is -1.63. The predicted molar refractivity (Wildman–Crippen MR) is 93.8 cm³/mol. The number of carbonyl (C=O) groups excluding carboxylic acids is 1. The van der Waals surface area contributed by atoms with Crippen LogP contribution < -0.4 is 4.90 Å². The first-order valence-electron chi connectivity index (χ1n) is 8.39. The number of nitrogens with zero attached hydrogens (tertiary/aromatic N) is 3. The lowest BCUT2D eigenvalue weighted by Crippen LogP contribution is -2.49. The van der Waals surface area contributed by atoms with Gasteiger partial charge in [0, 0.05) is 45.1 Å². The molecule has 1 aromatic heterocycles. The average molecular weight is 351 g/mol. The Labute approximate surface area is 143 Å². The van der Waals surface area contributed by atoms with E-state index in [-0.39, 0.29) is 17.1 Å². The number of aromatic nitrogens is 1. The fourth-order valence-electron chi connectivity index (χ4n) is 3.52. The summed E-state index contributed by atoms with van der Waals surface area (Å²) in [5.74, 6) is 0.235. The summed E-state index contributed by atoms with van der Waals surface area (Å²) in [6.07, 6.45) is 6.98. The van der Waals surface area contributed by atoms with Crippen LogP contribution in [0.4, 0.5) is 5.69 Å². The highest BCUT2D eigenvalue weighted by atomic mass is 32.2. The lowest BCUT2D eigenvalue weighted by atomic mass is 10.0. The summed E-state index contributed by atoms with van der Waals surface area (Å²) in [5.41, 5.74) is 2.03. The van der Waals surface area contributed by atoms with E-state index in [1.165, 1.54) is 11.8 Å². The Bertz CT molecular complexity index is 720. The van der Waals surface area contributed by atoms with Crippen molar-refractivity contribution in [1.82, 2.24) is 9.88 Å². The summed E-state index contributed by atoms with van der Waals surface area (Å²) in [4.78, 5) is 20.9. The van der Waals surface area contributed by atoms with Gasteiger partial charge < -0.3 is 9.80 Å². The van der Waals surface area contributed by atoms with Crippen LogP contribution in [-0.4, -0.2) is 62.4 Å². The molecule has 1 aliphatic carbocycles. The van der Waals surface area contributed by atoms with Gasteiger partial charge in [0.1, 0.15) is 9.84 Å². The molecule has 1 aromatic rings. The first-order chi connectivity index (χ1) is 11.3. The molecular formula is C17H25N3O3S. The van der Waals surface area contributed by atoms with Gasteiger partial charge >= 0.3 is 0 Å². The van der Waals surface area contributed by atoms with E-state index in [0.29, 0.717) is 19.5 Å². The van der Waals surface area contributed by atoms with Crippen molar-refractivity contribution in [3.63, 3.8) is 0 Å². The second kappa shape index (κ2) is 6.35. The largest absolute Gasteiger partial charge is 0.367 e. The molecule has 2 heterocycles. The molecule has 0 unspecified atom stereocenters. The van der Waals surface area contributed by atoms with E-state index in [1.54, 1.807) is 6.20 Å². The van der Waals surface area contributed by atoms with Crippen LogP contribution in [-0.2, 0) is 14.6 Å². The molecule has 0 atom stereocenters. The van der Waals surface area contributed by atoms with E-state index in [9.17, 15) is 13.2 Å². The second-order valence-electron chi connectivity index (χ2n) is 7.28. The molecule has 7 heteroatoms. The maximum atomic E-state index is 12.5. The Morgan fingerprint density at radius 3 is 2.46 bits per heavy atom. The molecule has 1 saturated heterocycles. The monoisotopic (exact) mass is 351 g/mol. The zero-order chi connectivity index (χ0) is 17.4. The zero-order valence-corrected chi connectivity index (χ0v) is 15.2. The van der Waals surface area contributed by atoms with Crippen LogP contribution in [0.3, 0.4) is 0 Å². The quantitative estimate of drug-likeness (QED) is 0.798. The van der Waals surface area contributed by atoms with E-state index >= 15 is 0 Å². The van der Waals surface area contributed by atoms with Crippen LogP contribution in [0.15, 0.2) is 18.5 Å². The summed E-state index contributed by atoms with van der Waals surface area (Å²) in [7, 11) is -3.03. The minimum absolute atomic E-state index is 0.0960. The molecule has 0 spiro atoms. The normalized spacial score (nSPS) is 20.1. The number of carbonyl (C=O) groups is 1. The maximum Gasteiger partial charge on any atom is 0.223 e. The summed E-state index contributed by atoms with van der Waals surface area (Å²) >= 11 is 0. The number of rotatable bonds is 5. The van der Waals surface area contributed by atoms with Crippen LogP contribution in [0.25, 0.3) is 0 Å². The second-order valence-corrected chi connectivity index (χ2v) is 9.42. The third-order valence-corrected chi connectivity index (χ3v) is 6.17. The van der Waals surface area contributed by atoms with Gasteiger partial charge in [0.2, 0.25) is 5.91 Å². The Kier molecular flexibility index (Phi) is 4.55. The van der Waals surface area contributed by atoms with Gasteiger partial charge in [-0.25, -0.2) is 8.42 Å². The highest BCUT2D eigenvalue weighted by Gasteiger charge is 2.47. The van der Waals surface area contributed by atoms with E-state index in [4.69, 9.17) is 0 Å². The van der Waals surface area contributed by atoms with Gasteiger partial charge in [-0.1, -0.05) is 0 Å². The van der Waals surface area contributed by atoms with Crippen LogP contribution >= 0.6 is 0 Å². The smallest absolute Gasteiger partial charge is 0.223 e. The lowest BCUT2D eigenvalue weighted by Gasteiger charge is -2.37. The highest BCUT2D eigenvalue weighted by Crippen LogP contribution is 2.50. The van der Waals surface area contributed by atoms with Gasteiger partial charge in [0.25, 0.3) is 0 Å². The first kappa shape index (κ1) is 17.2. The van der Waals surface area contributed by atoms with Crippen molar-refractivity contribution in [3.8, 4) is 0 Å². The lowest BCUT2D eigenvalue weighted by molar-refractivity contribution is -0.132. The molecule has 132 valence electrons. The van der Waals surface area contributed by atoms with Crippen LogP contribution in [0, 0.1) is 12.3 Å². The van der Waals surface area contributed by atoms with Gasteiger partial charge in [-0.05, 0) is 36.8 Å². The molecule has 24 heavy (non-hydrogen) atoms. The molecule has 2 aliphatic rings. The Morgan fingerprint density at radius 2 is 1.92 bits per heavy atom. The third kappa shape index (κ3) is 4.06. The van der Waals surface area contributed by atoms with Crippen molar-refractivity contribution in [1.29, 1.82) is 0 Å². The molecule has 0 radical (unpaired) electrons. The van der Waals surface area contributed by atoms with Gasteiger partial charge in [-0.2, -0.15) is 0 Å². The van der Waals surface area contributed by atoms with Crippen LogP contribution in [0.5, 0.6) is 0 Å². The number of hydrogen-bond donors (Lipinski definition) is 0. The van der Waals surface area contributed by atoms with Crippen molar-refractivity contribution >= 4 is 21.4 Å². The summed E-state index contributed by atoms with van der Waals surface area (Å²) in [5, 5.41) is 0. The number of aryl methyl sites for hydroxylation is 1. The molecule has 3 rings (SSSR count). The van der Waals surface area contributed by atoms with Gasteiger partial charge in [-0.15, -0.1) is 0 Å². The number of piperazine rings is 1. The minimum Gasteiger partial charge on any atom is -0.367 e. The molecule has 0 aromatic carbocycles. The Morgan fingerprint density at radius 1 is 1.25 bits per heavy atom. The SMILES string of the molecule is Cc1ccncc1N1CCN(C(=O)CC2(CS(C)(=O)=O)CC2)CC1. The zero-order valence-electron chi connectivity index (χ0n) is 14.4. The number of anilines is 1. The molecule has 0 N–H and O–H groups in total. The molecule has 1 saturated carbocycles. The third-order valence-electron chi connectivity index (χ3n) is 5.04. The van der Waals surface area contributed by atoms with E-state index in [1.807, 2.05) is 17.2 Å². The van der Waals surface area contributed by atoms with E-state index in [0.717, 1.165) is 31.6 Å². The maximum absolute atomic E-state index is 12.5. The summed E-state index contributed by atoms with van der Waals surface area (Å²) in [6, 6.07) is 1.99. The van der Waals surface area contributed by atoms with E-state index < -0.39 is 9.84 Å². The number of pyridine rings is 1. The van der Waals surface area contributed by atoms with Crippen molar-refractivity contribution in [3.05, 3.63) is 24.0 Å². The van der Waals surface area contributed by atoms with Crippen molar-refractivity contribution < 1.29 is 13.2 Å². The fraction of sp³-hybridized carbons (Fsp3) is 0.647. The molecule has 1 aliphatic heterocycles. The number of hydrogen-bond acceptors (Lipinski definition) is 5. The van der Waals surface area contributed by atoms with Crippen LogP contribution in [0.1, 0.15) is 24.8 Å². The Balaban J connectivity index is 1.55. The summed E-state index contributed by atoms with van der Waals surface area (Å²) < 4.78 is 23.1. The average Bonchev–Trinajstić information content (AvgIpc) is 3.25. The van der Waals surface area contributed by atoms with Crippen molar-refractivity contribution in [2.45, 2.75) is 26.2 Å².